The average Bonchev–Trinajstić information content (AvgIpc) is 3.19. The lowest BCUT2D eigenvalue weighted by Crippen LogP contribution is -2.29. The molecule has 0 atom stereocenters. The normalized spacial score (nSPS) is 13.4. The Morgan fingerprint density at radius 3 is 1.45 bits per heavy atom. The van der Waals surface area contributed by atoms with E-state index in [4.69, 9.17) is 32.1 Å². The second-order valence-corrected chi connectivity index (χ2v) is 24.2. The van der Waals surface area contributed by atoms with E-state index in [1.165, 1.54) is 36.4 Å². The highest BCUT2D eigenvalue weighted by Crippen LogP contribution is 2.73. The molecule has 0 radical (unpaired) electrons. The molecule has 0 aliphatic carbocycles. The summed E-state index contributed by atoms with van der Waals surface area (Å²) in [5.74, 6) is 0.845. The van der Waals surface area contributed by atoms with Crippen LogP contribution >= 0.6 is 10.3 Å². The highest BCUT2D eigenvalue weighted by Gasteiger charge is 2.53. The van der Waals surface area contributed by atoms with Gasteiger partial charge >= 0.3 is 15.6 Å². The van der Waals surface area contributed by atoms with Crippen molar-refractivity contribution in [1.29, 1.82) is 0 Å². The molecule has 0 saturated heterocycles. The van der Waals surface area contributed by atoms with Gasteiger partial charge in [0.25, 0.3) is 0 Å². The zero-order valence-electron chi connectivity index (χ0n) is 39.7. The standard InChI is InChI=1S/C52H61F3O9S2/c1-48(2,3)60-42-27-25-37(32-45(42)62-50(7,8)9)65(64-66(56,57)52(53,54)55,38-26-28-43(61-49(4,5)6)46(33-38)63-51(10,11)12)47-24-18-17-23-44(47)59-34-58-30-29-36-31-35-19-13-14-20-39(35)41-22-16-15-21-40(36)41/h13-28,31-33H,29-30,34H2,1-12H3. The molecular formula is C52H61F3O9S2. The van der Waals surface area contributed by atoms with Gasteiger partial charge in [-0.2, -0.15) is 25.2 Å². The fourth-order valence-electron chi connectivity index (χ4n) is 7.15. The van der Waals surface area contributed by atoms with Crippen LogP contribution in [0.4, 0.5) is 13.2 Å². The van der Waals surface area contributed by atoms with E-state index >= 15 is 0 Å². The molecule has 0 aromatic heterocycles. The van der Waals surface area contributed by atoms with Crippen molar-refractivity contribution in [2.75, 3.05) is 13.4 Å². The number of alkyl halides is 3. The lowest BCUT2D eigenvalue weighted by molar-refractivity contribution is -0.0496. The molecule has 0 unspecified atom stereocenters. The number of ether oxygens (including phenoxy) is 6. The fraction of sp³-hybridized carbons (Fsp3) is 0.385. The zero-order valence-corrected chi connectivity index (χ0v) is 41.3. The maximum absolute atomic E-state index is 14.9. The van der Waals surface area contributed by atoms with Gasteiger partial charge in [-0.15, -0.1) is 0 Å². The van der Waals surface area contributed by atoms with E-state index in [1.807, 2.05) is 65.8 Å². The summed E-state index contributed by atoms with van der Waals surface area (Å²) < 4.78 is 116. The molecule has 14 heteroatoms. The minimum Gasteiger partial charge on any atom is -0.484 e. The van der Waals surface area contributed by atoms with Crippen LogP contribution in [0.5, 0.6) is 28.7 Å². The van der Waals surface area contributed by atoms with Gasteiger partial charge in [-0.25, -0.2) is 0 Å². The van der Waals surface area contributed by atoms with Gasteiger partial charge in [-0.1, -0.05) is 66.7 Å². The zero-order chi connectivity index (χ0) is 48.5. The summed E-state index contributed by atoms with van der Waals surface area (Å²) in [5.41, 5.74) is -7.87. The van der Waals surface area contributed by atoms with Crippen molar-refractivity contribution >= 4 is 42.0 Å². The Morgan fingerprint density at radius 2 is 0.939 bits per heavy atom. The highest BCUT2D eigenvalue weighted by atomic mass is 32.3. The second-order valence-electron chi connectivity index (χ2n) is 19.8. The topological polar surface area (TPSA) is 98.8 Å². The van der Waals surface area contributed by atoms with E-state index in [-0.39, 0.29) is 56.8 Å². The number of hydrogen-bond acceptors (Lipinski definition) is 9. The molecule has 0 spiro atoms. The molecule has 0 aliphatic rings. The number of benzene rings is 6. The minimum absolute atomic E-state index is 0.0145. The third-order valence-electron chi connectivity index (χ3n) is 9.46. The van der Waals surface area contributed by atoms with E-state index in [2.05, 4.69) is 30.3 Å². The predicted molar refractivity (Wildman–Crippen MR) is 256 cm³/mol. The molecular weight excluding hydrogens is 890 g/mol. The first-order valence-corrected chi connectivity index (χ1v) is 24.6. The Balaban J connectivity index is 1.54. The van der Waals surface area contributed by atoms with Gasteiger partial charge in [0, 0.05) is 9.79 Å². The Bertz CT molecular complexity index is 2700. The van der Waals surface area contributed by atoms with Crippen LogP contribution in [-0.2, 0) is 24.9 Å². The Hall–Kier alpha value is -5.15. The molecule has 0 fully saturated rings. The third kappa shape index (κ3) is 12.2. The molecule has 66 heavy (non-hydrogen) atoms. The molecule has 0 saturated carbocycles. The van der Waals surface area contributed by atoms with Crippen molar-refractivity contribution in [1.82, 2.24) is 0 Å². The Kier molecular flexibility index (Phi) is 14.4. The summed E-state index contributed by atoms with van der Waals surface area (Å²) in [5, 5.41) is 4.44. The van der Waals surface area contributed by atoms with Crippen LogP contribution in [0.1, 0.15) is 88.6 Å². The van der Waals surface area contributed by atoms with Crippen LogP contribution in [0.25, 0.3) is 21.5 Å². The Labute approximate surface area is 389 Å². The lowest BCUT2D eigenvalue weighted by atomic mass is 9.96. The summed E-state index contributed by atoms with van der Waals surface area (Å²) in [6, 6.07) is 33.7. The van der Waals surface area contributed by atoms with Crippen molar-refractivity contribution in [2.24, 2.45) is 0 Å². The van der Waals surface area contributed by atoms with E-state index in [1.54, 1.807) is 65.8 Å². The maximum Gasteiger partial charge on any atom is 0.524 e. The first kappa shape index (κ1) is 50.3. The average molecular weight is 951 g/mol. The van der Waals surface area contributed by atoms with Gasteiger partial charge < -0.3 is 28.4 Å². The third-order valence-corrected chi connectivity index (χ3v) is 14.4. The number of fused-ring (bicyclic) bond motifs is 3. The van der Waals surface area contributed by atoms with Gasteiger partial charge in [0.15, 0.2) is 29.8 Å². The number of para-hydroxylation sites is 1. The smallest absolute Gasteiger partial charge is 0.484 e. The largest absolute Gasteiger partial charge is 0.524 e. The fourth-order valence-corrected chi connectivity index (χ4v) is 12.0. The molecule has 0 heterocycles. The van der Waals surface area contributed by atoms with E-state index < -0.39 is 48.3 Å². The molecule has 0 bridgehead atoms. The minimum atomic E-state index is -6.38. The van der Waals surface area contributed by atoms with Crippen LogP contribution in [0.3, 0.4) is 0 Å². The van der Waals surface area contributed by atoms with Crippen molar-refractivity contribution in [3.63, 3.8) is 0 Å². The van der Waals surface area contributed by atoms with E-state index in [0.29, 0.717) is 6.42 Å². The molecule has 0 aliphatic heterocycles. The quantitative estimate of drug-likeness (QED) is 0.0431. The Morgan fingerprint density at radius 1 is 0.485 bits per heavy atom. The summed E-state index contributed by atoms with van der Waals surface area (Å²) in [6.07, 6.45) is 0.525. The van der Waals surface area contributed by atoms with Crippen LogP contribution in [0.15, 0.2) is 130 Å². The summed E-state index contributed by atoms with van der Waals surface area (Å²) in [6.45, 7) is 21.8. The van der Waals surface area contributed by atoms with Crippen LogP contribution in [0.2, 0.25) is 0 Å². The monoisotopic (exact) mass is 950 g/mol. The molecule has 9 nitrogen and oxygen atoms in total. The van der Waals surface area contributed by atoms with Gasteiger partial charge in [0.05, 0.1) is 11.5 Å². The van der Waals surface area contributed by atoms with Crippen molar-refractivity contribution in [2.45, 2.75) is 132 Å². The SMILES string of the molecule is CC(C)(C)Oc1ccc(S(OS(=O)(=O)C(F)(F)F)(c2ccc(OC(C)(C)C)c(OC(C)(C)C)c2)c2ccccc2OCOCCc2cc3ccccc3c3ccccc23)cc1OC(C)(C)C. The molecule has 0 amide bonds. The van der Waals surface area contributed by atoms with Crippen LogP contribution in [-0.4, -0.2) is 49.7 Å². The first-order valence-electron chi connectivity index (χ1n) is 21.6. The number of rotatable bonds is 15. The molecule has 6 aromatic rings. The highest BCUT2D eigenvalue weighted by molar-refractivity contribution is 8.33. The van der Waals surface area contributed by atoms with Crippen molar-refractivity contribution < 1.29 is 53.6 Å². The van der Waals surface area contributed by atoms with Crippen LogP contribution < -0.4 is 23.7 Å². The van der Waals surface area contributed by atoms with E-state index in [0.717, 1.165) is 27.1 Å². The van der Waals surface area contributed by atoms with Gasteiger partial charge in [0.2, 0.25) is 0 Å². The van der Waals surface area contributed by atoms with Crippen molar-refractivity contribution in [3.05, 3.63) is 121 Å². The van der Waals surface area contributed by atoms with Crippen molar-refractivity contribution in [3.8, 4) is 28.7 Å². The van der Waals surface area contributed by atoms with E-state index in [9.17, 15) is 21.6 Å². The molecule has 356 valence electrons. The second kappa shape index (κ2) is 18.9. The number of halogens is 3. The predicted octanol–water partition coefficient (Wildman–Crippen LogP) is 14.4. The van der Waals surface area contributed by atoms with Gasteiger partial charge in [0.1, 0.15) is 28.2 Å². The first-order chi connectivity index (χ1) is 30.6. The summed E-state index contributed by atoms with van der Waals surface area (Å²) in [4.78, 5) is 0.0173. The van der Waals surface area contributed by atoms with Gasteiger partial charge in [-0.3, -0.25) is 0 Å². The van der Waals surface area contributed by atoms with Gasteiger partial charge in [-0.05, 0) is 175 Å². The maximum atomic E-state index is 14.9. The summed E-state index contributed by atoms with van der Waals surface area (Å²) in [7, 11) is -10.4. The molecule has 6 rings (SSSR count). The molecule has 0 N–H and O–H groups in total. The number of hydrogen-bond donors (Lipinski definition) is 0. The summed E-state index contributed by atoms with van der Waals surface area (Å²) >= 11 is 0. The molecule has 6 aromatic carbocycles. The van der Waals surface area contributed by atoms with Crippen LogP contribution in [0, 0.1) is 0 Å². The lowest BCUT2D eigenvalue weighted by Gasteiger charge is -2.41.